The standard InChI is InChI=1S/C22H30N2O3/c23-20-14-4-1-5-15(20)13-16(12-14)22(25)24-9-3-7-18(24)17-6-2-8-19-21(17)27-11-10-26-19/h2,6,8,14-16,18,20H,1,3-5,7,9-13,23H2. The van der Waals surface area contributed by atoms with Crippen molar-refractivity contribution >= 4 is 5.91 Å². The molecule has 5 rings (SSSR count). The Kier molecular flexibility index (Phi) is 4.50. The summed E-state index contributed by atoms with van der Waals surface area (Å²) in [4.78, 5) is 15.6. The second-order valence-corrected chi connectivity index (χ2v) is 8.76. The second-order valence-electron chi connectivity index (χ2n) is 8.76. The summed E-state index contributed by atoms with van der Waals surface area (Å²) >= 11 is 0. The van der Waals surface area contributed by atoms with E-state index in [9.17, 15) is 4.79 Å². The van der Waals surface area contributed by atoms with Crippen LogP contribution in [0.15, 0.2) is 18.2 Å². The van der Waals surface area contributed by atoms with Crippen LogP contribution in [0.3, 0.4) is 0 Å². The molecule has 3 fully saturated rings. The first-order valence-electron chi connectivity index (χ1n) is 10.7. The molecule has 0 spiro atoms. The van der Waals surface area contributed by atoms with Crippen molar-refractivity contribution in [3.8, 4) is 11.5 Å². The van der Waals surface area contributed by atoms with E-state index in [1.54, 1.807) is 0 Å². The van der Waals surface area contributed by atoms with E-state index >= 15 is 0 Å². The van der Waals surface area contributed by atoms with Crippen LogP contribution in [0.4, 0.5) is 0 Å². The predicted molar refractivity (Wildman–Crippen MR) is 103 cm³/mol. The van der Waals surface area contributed by atoms with Crippen LogP contribution in [0, 0.1) is 17.8 Å². The number of carbonyl (C=O) groups is 1. The number of amides is 1. The van der Waals surface area contributed by atoms with E-state index in [0.717, 1.165) is 49.3 Å². The molecule has 2 saturated carbocycles. The molecule has 1 aromatic carbocycles. The van der Waals surface area contributed by atoms with Crippen molar-refractivity contribution in [3.05, 3.63) is 23.8 Å². The van der Waals surface area contributed by atoms with Gasteiger partial charge in [0.05, 0.1) is 6.04 Å². The maximum atomic E-state index is 13.5. The Morgan fingerprint density at radius 1 is 1.04 bits per heavy atom. The number of nitrogens with two attached hydrogens (primary N) is 1. The highest BCUT2D eigenvalue weighted by molar-refractivity contribution is 5.80. The summed E-state index contributed by atoms with van der Waals surface area (Å²) in [6.07, 6.45) is 7.69. The Morgan fingerprint density at radius 2 is 1.81 bits per heavy atom. The van der Waals surface area contributed by atoms with Gasteiger partial charge in [-0.3, -0.25) is 4.79 Å². The summed E-state index contributed by atoms with van der Waals surface area (Å²) in [5.41, 5.74) is 7.56. The van der Waals surface area contributed by atoms with Gasteiger partial charge in [-0.15, -0.1) is 0 Å². The van der Waals surface area contributed by atoms with E-state index in [2.05, 4.69) is 11.0 Å². The first-order valence-corrected chi connectivity index (χ1v) is 10.7. The topological polar surface area (TPSA) is 64.8 Å². The van der Waals surface area contributed by atoms with Crippen LogP contribution < -0.4 is 15.2 Å². The van der Waals surface area contributed by atoms with Gasteiger partial charge in [0.2, 0.25) is 5.91 Å². The second kappa shape index (κ2) is 7.01. The van der Waals surface area contributed by atoms with E-state index in [1.807, 2.05) is 12.1 Å². The minimum atomic E-state index is 0.115. The number of likely N-dealkylation sites (tertiary alicyclic amines) is 1. The van der Waals surface area contributed by atoms with E-state index < -0.39 is 0 Å². The smallest absolute Gasteiger partial charge is 0.226 e. The Bertz CT molecular complexity index is 708. The number of para-hydroxylation sites is 1. The fourth-order valence-corrected chi connectivity index (χ4v) is 5.94. The van der Waals surface area contributed by atoms with Crippen LogP contribution in [0.25, 0.3) is 0 Å². The van der Waals surface area contributed by atoms with Gasteiger partial charge in [-0.2, -0.15) is 0 Å². The summed E-state index contributed by atoms with van der Waals surface area (Å²) in [6, 6.07) is 6.51. The van der Waals surface area contributed by atoms with Gasteiger partial charge in [-0.25, -0.2) is 0 Å². The number of nitrogens with zero attached hydrogens (tertiary/aromatic N) is 1. The SMILES string of the molecule is NC1C2CCCC1CC(C(=O)N1CCCC1c1cccc3c1OCCO3)C2. The molecule has 2 heterocycles. The molecule has 1 amide bonds. The van der Waals surface area contributed by atoms with E-state index in [1.165, 1.54) is 19.3 Å². The number of ether oxygens (including phenoxy) is 2. The molecule has 1 saturated heterocycles. The van der Waals surface area contributed by atoms with Gasteiger partial charge in [0.25, 0.3) is 0 Å². The summed E-state index contributed by atoms with van der Waals surface area (Å²) in [6.45, 7) is 2.02. The average molecular weight is 370 g/mol. The molecule has 146 valence electrons. The Morgan fingerprint density at radius 3 is 2.63 bits per heavy atom. The summed E-state index contributed by atoms with van der Waals surface area (Å²) in [7, 11) is 0. The third-order valence-corrected chi connectivity index (χ3v) is 7.25. The summed E-state index contributed by atoms with van der Waals surface area (Å²) in [5.74, 6) is 3.22. The van der Waals surface area contributed by atoms with E-state index in [4.69, 9.17) is 15.2 Å². The van der Waals surface area contributed by atoms with Gasteiger partial charge in [0.1, 0.15) is 13.2 Å². The van der Waals surface area contributed by atoms with Crippen molar-refractivity contribution in [3.63, 3.8) is 0 Å². The van der Waals surface area contributed by atoms with Gasteiger partial charge >= 0.3 is 0 Å². The Labute approximate surface area is 161 Å². The normalized spacial score (nSPS) is 35.1. The Hall–Kier alpha value is -1.75. The fraction of sp³-hybridized carbons (Fsp3) is 0.682. The molecular formula is C22H30N2O3. The highest BCUT2D eigenvalue weighted by Gasteiger charge is 2.43. The molecule has 2 aliphatic carbocycles. The molecule has 0 aromatic heterocycles. The molecule has 1 aromatic rings. The predicted octanol–water partition coefficient (Wildman–Crippen LogP) is 3.27. The van der Waals surface area contributed by atoms with Crippen molar-refractivity contribution in [2.24, 2.45) is 23.5 Å². The third-order valence-electron chi connectivity index (χ3n) is 7.25. The highest BCUT2D eigenvalue weighted by Crippen LogP contribution is 2.46. The lowest BCUT2D eigenvalue weighted by atomic mass is 9.65. The zero-order chi connectivity index (χ0) is 18.4. The molecule has 5 nitrogen and oxygen atoms in total. The zero-order valence-corrected chi connectivity index (χ0v) is 15.9. The molecule has 3 atom stereocenters. The largest absolute Gasteiger partial charge is 0.486 e. The minimum Gasteiger partial charge on any atom is -0.486 e. The third kappa shape index (κ3) is 3.00. The first-order chi connectivity index (χ1) is 13.2. The van der Waals surface area contributed by atoms with Crippen LogP contribution in [0.2, 0.25) is 0 Å². The van der Waals surface area contributed by atoms with Gasteiger partial charge in [0, 0.05) is 24.1 Å². The molecule has 0 radical (unpaired) electrons. The van der Waals surface area contributed by atoms with Crippen molar-refractivity contribution in [2.45, 2.75) is 57.0 Å². The molecule has 2 bridgehead atoms. The molecule has 2 aliphatic heterocycles. The van der Waals surface area contributed by atoms with Crippen molar-refractivity contribution in [1.29, 1.82) is 0 Å². The molecule has 5 heteroatoms. The fourth-order valence-electron chi connectivity index (χ4n) is 5.94. The number of fused-ring (bicyclic) bond motifs is 3. The molecule has 3 unspecified atom stereocenters. The van der Waals surface area contributed by atoms with Crippen LogP contribution in [0.5, 0.6) is 11.5 Å². The number of hydrogen-bond acceptors (Lipinski definition) is 4. The molecular weight excluding hydrogens is 340 g/mol. The lowest BCUT2D eigenvalue weighted by Crippen LogP contribution is -2.49. The minimum absolute atomic E-state index is 0.115. The lowest BCUT2D eigenvalue weighted by Gasteiger charge is -2.44. The number of hydrogen-bond donors (Lipinski definition) is 1. The van der Waals surface area contributed by atoms with Gasteiger partial charge in [-0.1, -0.05) is 18.6 Å². The van der Waals surface area contributed by atoms with Gasteiger partial charge < -0.3 is 20.1 Å². The highest BCUT2D eigenvalue weighted by atomic mass is 16.6. The maximum Gasteiger partial charge on any atom is 0.226 e. The number of carbonyl (C=O) groups excluding carboxylic acids is 1. The van der Waals surface area contributed by atoms with Gasteiger partial charge in [0.15, 0.2) is 11.5 Å². The van der Waals surface area contributed by atoms with Crippen molar-refractivity contribution < 1.29 is 14.3 Å². The Balaban J connectivity index is 1.38. The van der Waals surface area contributed by atoms with Crippen LogP contribution in [-0.2, 0) is 4.79 Å². The lowest BCUT2D eigenvalue weighted by molar-refractivity contribution is -0.139. The molecule has 2 N–H and O–H groups in total. The monoisotopic (exact) mass is 370 g/mol. The zero-order valence-electron chi connectivity index (χ0n) is 15.9. The van der Waals surface area contributed by atoms with Crippen LogP contribution >= 0.6 is 0 Å². The van der Waals surface area contributed by atoms with Crippen molar-refractivity contribution in [2.75, 3.05) is 19.8 Å². The number of rotatable bonds is 2. The van der Waals surface area contributed by atoms with E-state index in [-0.39, 0.29) is 12.0 Å². The van der Waals surface area contributed by atoms with Crippen LogP contribution in [-0.4, -0.2) is 36.6 Å². The average Bonchev–Trinajstić information content (AvgIpc) is 3.16. The molecule has 27 heavy (non-hydrogen) atoms. The quantitative estimate of drug-likeness (QED) is 0.868. The molecule has 4 aliphatic rings. The summed E-state index contributed by atoms with van der Waals surface area (Å²) < 4.78 is 11.7. The van der Waals surface area contributed by atoms with Crippen molar-refractivity contribution in [1.82, 2.24) is 4.90 Å². The van der Waals surface area contributed by atoms with E-state index in [0.29, 0.717) is 37.0 Å². The van der Waals surface area contributed by atoms with Gasteiger partial charge in [-0.05, 0) is 56.4 Å². The van der Waals surface area contributed by atoms with Crippen LogP contribution in [0.1, 0.15) is 56.6 Å². The maximum absolute atomic E-state index is 13.5. The summed E-state index contributed by atoms with van der Waals surface area (Å²) in [5, 5.41) is 0. The first kappa shape index (κ1) is 17.4. The number of benzene rings is 1.